The average Bonchev–Trinajstić information content (AvgIpc) is 3.14. The standard InChI is InChI=1S/C23H31N3O3/c1-14(26-13-23(4)11-15(26)10-22(2,3)12-23)20(27)25-18-16-8-6-7-9-17(16)24-19(18)21(28)29-5/h6-9,14-15,24H,10-13H2,1-5H3,(H,25,27)/t14-,15-,23+/m1/s1. The number of nitrogens with one attached hydrogen (secondary N) is 2. The van der Waals surface area contributed by atoms with Crippen molar-refractivity contribution in [3.8, 4) is 0 Å². The number of carbonyl (C=O) groups excluding carboxylic acids is 2. The van der Waals surface area contributed by atoms with Gasteiger partial charge in [-0.3, -0.25) is 9.69 Å². The van der Waals surface area contributed by atoms with Gasteiger partial charge in [0.1, 0.15) is 5.69 Å². The molecule has 2 fully saturated rings. The number of para-hydroxylation sites is 1. The molecule has 1 saturated carbocycles. The van der Waals surface area contributed by atoms with Gasteiger partial charge in [-0.2, -0.15) is 0 Å². The molecule has 2 N–H and O–H groups in total. The number of hydrogen-bond donors (Lipinski definition) is 2. The molecule has 4 rings (SSSR count). The molecule has 0 radical (unpaired) electrons. The highest BCUT2D eigenvalue weighted by molar-refractivity contribution is 6.11. The number of rotatable bonds is 4. The number of aromatic nitrogens is 1. The van der Waals surface area contributed by atoms with Crippen LogP contribution in [-0.4, -0.2) is 47.5 Å². The summed E-state index contributed by atoms with van der Waals surface area (Å²) in [5, 5.41) is 3.83. The third kappa shape index (κ3) is 3.54. The first-order valence-corrected chi connectivity index (χ1v) is 10.4. The molecule has 2 bridgehead atoms. The van der Waals surface area contributed by atoms with E-state index >= 15 is 0 Å². The number of ether oxygens (including phenoxy) is 1. The van der Waals surface area contributed by atoms with E-state index in [2.05, 4.69) is 36.0 Å². The number of carbonyl (C=O) groups is 2. The minimum Gasteiger partial charge on any atom is -0.464 e. The van der Waals surface area contributed by atoms with Crippen molar-refractivity contribution < 1.29 is 14.3 Å². The molecule has 6 nitrogen and oxygen atoms in total. The summed E-state index contributed by atoms with van der Waals surface area (Å²) in [6.07, 6.45) is 3.45. The van der Waals surface area contributed by atoms with Crippen LogP contribution in [0, 0.1) is 10.8 Å². The summed E-state index contributed by atoms with van der Waals surface area (Å²) in [7, 11) is 1.34. The van der Waals surface area contributed by atoms with E-state index in [-0.39, 0.29) is 23.1 Å². The van der Waals surface area contributed by atoms with E-state index in [9.17, 15) is 9.59 Å². The van der Waals surface area contributed by atoms with Crippen LogP contribution in [0.5, 0.6) is 0 Å². The third-order valence-electron chi connectivity index (χ3n) is 6.68. The molecule has 1 aliphatic carbocycles. The van der Waals surface area contributed by atoms with E-state index in [4.69, 9.17) is 4.74 Å². The molecule has 2 heterocycles. The van der Waals surface area contributed by atoms with Crippen molar-refractivity contribution in [2.75, 3.05) is 19.0 Å². The van der Waals surface area contributed by atoms with Gasteiger partial charge < -0.3 is 15.0 Å². The Balaban J connectivity index is 1.60. The predicted molar refractivity (Wildman–Crippen MR) is 114 cm³/mol. The second kappa shape index (κ2) is 6.87. The van der Waals surface area contributed by atoms with Crippen molar-refractivity contribution in [1.29, 1.82) is 0 Å². The summed E-state index contributed by atoms with van der Waals surface area (Å²) >= 11 is 0. The summed E-state index contributed by atoms with van der Waals surface area (Å²) in [6.45, 7) is 9.92. The van der Waals surface area contributed by atoms with E-state index in [0.29, 0.717) is 17.1 Å². The first-order chi connectivity index (χ1) is 13.6. The van der Waals surface area contributed by atoms with Crippen LogP contribution in [0.1, 0.15) is 57.4 Å². The maximum Gasteiger partial charge on any atom is 0.356 e. The van der Waals surface area contributed by atoms with E-state index < -0.39 is 5.97 Å². The van der Waals surface area contributed by atoms with Crippen molar-refractivity contribution >= 4 is 28.5 Å². The quantitative estimate of drug-likeness (QED) is 0.759. The Kier molecular flexibility index (Phi) is 4.73. The minimum atomic E-state index is -0.490. The van der Waals surface area contributed by atoms with Crippen LogP contribution in [0.15, 0.2) is 24.3 Å². The highest BCUT2D eigenvalue weighted by Gasteiger charge is 2.51. The lowest BCUT2D eigenvalue weighted by atomic mass is 9.65. The fourth-order valence-electron chi connectivity index (χ4n) is 5.86. The summed E-state index contributed by atoms with van der Waals surface area (Å²) < 4.78 is 4.91. The average molecular weight is 398 g/mol. The maximum atomic E-state index is 13.2. The van der Waals surface area contributed by atoms with Crippen molar-refractivity contribution in [1.82, 2.24) is 9.88 Å². The Hall–Kier alpha value is -2.34. The van der Waals surface area contributed by atoms with Crippen molar-refractivity contribution in [2.45, 2.75) is 59.0 Å². The Labute approximate surface area is 172 Å². The molecule has 6 heteroatoms. The highest BCUT2D eigenvalue weighted by atomic mass is 16.5. The lowest BCUT2D eigenvalue weighted by Gasteiger charge is -2.40. The molecule has 1 aromatic heterocycles. The Morgan fingerprint density at radius 1 is 1.24 bits per heavy atom. The summed E-state index contributed by atoms with van der Waals surface area (Å²) in [5.74, 6) is -0.579. The van der Waals surface area contributed by atoms with Gasteiger partial charge in [0.25, 0.3) is 0 Å². The molecule has 2 aromatic rings. The first-order valence-electron chi connectivity index (χ1n) is 10.4. The van der Waals surface area contributed by atoms with Crippen LogP contribution in [0.3, 0.4) is 0 Å². The van der Waals surface area contributed by atoms with Gasteiger partial charge in [0.05, 0.1) is 18.8 Å². The van der Waals surface area contributed by atoms with Crippen molar-refractivity contribution in [2.24, 2.45) is 10.8 Å². The zero-order valence-corrected chi connectivity index (χ0v) is 18.0. The van der Waals surface area contributed by atoms with Crippen LogP contribution in [-0.2, 0) is 9.53 Å². The second-order valence-electron chi connectivity index (χ2n) is 9.96. The predicted octanol–water partition coefficient (Wildman–Crippen LogP) is 4.18. The molecule has 29 heavy (non-hydrogen) atoms. The smallest absolute Gasteiger partial charge is 0.356 e. The molecule has 1 saturated heterocycles. The minimum absolute atomic E-state index is 0.0890. The molecular formula is C23H31N3O3. The zero-order chi connectivity index (χ0) is 21.0. The second-order valence-corrected chi connectivity index (χ2v) is 9.96. The fraction of sp³-hybridized carbons (Fsp3) is 0.565. The SMILES string of the molecule is COC(=O)c1[nH]c2ccccc2c1NC(=O)[C@@H](C)N1C[C@@]2(C)C[C@H]1CC(C)(C)C2. The number of methoxy groups -OCH3 is 1. The van der Waals surface area contributed by atoms with Gasteiger partial charge in [-0.05, 0) is 43.1 Å². The molecule has 3 atom stereocenters. The van der Waals surface area contributed by atoms with E-state index in [0.717, 1.165) is 30.3 Å². The van der Waals surface area contributed by atoms with Gasteiger partial charge >= 0.3 is 5.97 Å². The first kappa shape index (κ1) is 20.0. The largest absolute Gasteiger partial charge is 0.464 e. The Morgan fingerprint density at radius 2 is 1.97 bits per heavy atom. The number of amides is 1. The highest BCUT2D eigenvalue weighted by Crippen LogP contribution is 2.53. The third-order valence-corrected chi connectivity index (χ3v) is 6.68. The topological polar surface area (TPSA) is 74.4 Å². The summed E-state index contributed by atoms with van der Waals surface area (Å²) in [5.41, 5.74) is 2.14. The molecule has 0 unspecified atom stereocenters. The number of benzene rings is 1. The van der Waals surface area contributed by atoms with Gasteiger partial charge in [-0.25, -0.2) is 4.79 Å². The summed E-state index contributed by atoms with van der Waals surface area (Å²) in [6, 6.07) is 7.71. The maximum absolute atomic E-state index is 13.2. The number of nitrogens with zero attached hydrogens (tertiary/aromatic N) is 1. The molecule has 1 aromatic carbocycles. The van der Waals surface area contributed by atoms with E-state index in [1.807, 2.05) is 31.2 Å². The summed E-state index contributed by atoms with van der Waals surface area (Å²) in [4.78, 5) is 30.9. The number of H-pyrrole nitrogens is 1. The monoisotopic (exact) mass is 397 g/mol. The van der Waals surface area contributed by atoms with E-state index in [1.54, 1.807) is 0 Å². The van der Waals surface area contributed by atoms with Crippen molar-refractivity contribution in [3.05, 3.63) is 30.0 Å². The molecule has 1 aliphatic heterocycles. The van der Waals surface area contributed by atoms with Crippen LogP contribution in [0.4, 0.5) is 5.69 Å². The van der Waals surface area contributed by atoms with Crippen LogP contribution in [0.25, 0.3) is 10.9 Å². The Bertz CT molecular complexity index is 963. The lowest BCUT2D eigenvalue weighted by molar-refractivity contribution is -0.121. The van der Waals surface area contributed by atoms with Crippen LogP contribution in [0.2, 0.25) is 0 Å². The zero-order valence-electron chi connectivity index (χ0n) is 18.0. The number of esters is 1. The Morgan fingerprint density at radius 3 is 2.69 bits per heavy atom. The molecule has 156 valence electrons. The number of likely N-dealkylation sites (tertiary alicyclic amines) is 1. The van der Waals surface area contributed by atoms with E-state index in [1.165, 1.54) is 13.5 Å². The molecule has 0 spiro atoms. The number of aromatic amines is 1. The van der Waals surface area contributed by atoms with Crippen LogP contribution < -0.4 is 5.32 Å². The normalized spacial score (nSPS) is 27.0. The lowest BCUT2D eigenvalue weighted by Crippen LogP contribution is -2.45. The van der Waals surface area contributed by atoms with Gasteiger partial charge in [-0.15, -0.1) is 0 Å². The van der Waals surface area contributed by atoms with Gasteiger partial charge in [0.15, 0.2) is 0 Å². The van der Waals surface area contributed by atoms with Gasteiger partial charge in [-0.1, -0.05) is 39.0 Å². The van der Waals surface area contributed by atoms with Crippen LogP contribution >= 0.6 is 0 Å². The molecule has 1 amide bonds. The molecular weight excluding hydrogens is 366 g/mol. The number of anilines is 1. The number of hydrogen-bond acceptors (Lipinski definition) is 4. The van der Waals surface area contributed by atoms with Gasteiger partial charge in [0.2, 0.25) is 5.91 Å². The molecule has 2 aliphatic rings. The van der Waals surface area contributed by atoms with Crippen molar-refractivity contribution in [3.63, 3.8) is 0 Å². The van der Waals surface area contributed by atoms with Gasteiger partial charge in [0, 0.05) is 23.5 Å². The number of fused-ring (bicyclic) bond motifs is 3. The fourth-order valence-corrected chi connectivity index (χ4v) is 5.86.